The van der Waals surface area contributed by atoms with Gasteiger partial charge in [0.1, 0.15) is 0 Å². The van der Waals surface area contributed by atoms with Gasteiger partial charge in [0.05, 0.1) is 6.61 Å². The van der Waals surface area contributed by atoms with Crippen molar-refractivity contribution >= 4 is 43.6 Å². The minimum Gasteiger partial charge on any atom is -0.392 e. The summed E-state index contributed by atoms with van der Waals surface area (Å²) in [6.45, 7) is 0.0699. The largest absolute Gasteiger partial charge is 0.392 e. The van der Waals surface area contributed by atoms with E-state index in [-0.39, 0.29) is 6.61 Å². The van der Waals surface area contributed by atoms with Crippen LogP contribution in [-0.2, 0) is 6.61 Å². The average Bonchev–Trinajstić information content (AvgIpc) is 2.32. The summed E-state index contributed by atoms with van der Waals surface area (Å²) in [5, 5.41) is 9.05. The molecular formula is C13H10Br2OS. The van der Waals surface area contributed by atoms with Crippen molar-refractivity contribution in [2.24, 2.45) is 0 Å². The van der Waals surface area contributed by atoms with Gasteiger partial charge < -0.3 is 5.11 Å². The zero-order chi connectivity index (χ0) is 12.3. The molecule has 0 aromatic heterocycles. The van der Waals surface area contributed by atoms with E-state index in [1.165, 1.54) is 4.90 Å². The molecule has 2 rings (SSSR count). The molecule has 0 unspecified atom stereocenters. The first-order valence-corrected chi connectivity index (χ1v) is 7.42. The average molecular weight is 374 g/mol. The summed E-state index contributed by atoms with van der Waals surface area (Å²) >= 11 is 8.67. The van der Waals surface area contributed by atoms with Gasteiger partial charge >= 0.3 is 0 Å². The van der Waals surface area contributed by atoms with Crippen LogP contribution in [0.15, 0.2) is 61.2 Å². The molecule has 0 saturated heterocycles. The van der Waals surface area contributed by atoms with E-state index in [2.05, 4.69) is 44.0 Å². The van der Waals surface area contributed by atoms with Crippen molar-refractivity contribution in [3.05, 3.63) is 57.0 Å². The topological polar surface area (TPSA) is 20.2 Å². The Morgan fingerprint density at radius 1 is 1.06 bits per heavy atom. The molecule has 2 aromatic rings. The molecule has 0 saturated carbocycles. The lowest BCUT2D eigenvalue weighted by molar-refractivity contribution is 0.281. The summed E-state index contributed by atoms with van der Waals surface area (Å²) in [5.41, 5.74) is 0.912. The van der Waals surface area contributed by atoms with Crippen molar-refractivity contribution in [2.45, 2.75) is 16.4 Å². The fourth-order valence-electron chi connectivity index (χ4n) is 1.38. The predicted octanol–water partition coefficient (Wildman–Crippen LogP) is 4.86. The Hall–Kier alpha value is -0.290. The van der Waals surface area contributed by atoms with Crippen molar-refractivity contribution in [2.75, 3.05) is 0 Å². The fraction of sp³-hybridized carbons (Fsp3) is 0.0769. The molecule has 4 heteroatoms. The third-order valence-electron chi connectivity index (χ3n) is 2.20. The molecule has 0 fully saturated rings. The maximum atomic E-state index is 9.05. The fourth-order valence-corrected chi connectivity index (χ4v) is 3.48. The van der Waals surface area contributed by atoms with E-state index in [1.807, 2.05) is 30.3 Å². The molecular weight excluding hydrogens is 364 g/mol. The molecule has 0 heterocycles. The van der Waals surface area contributed by atoms with Crippen LogP contribution in [0.25, 0.3) is 0 Å². The summed E-state index contributed by atoms with van der Waals surface area (Å²) in [6, 6.07) is 14.1. The normalized spacial score (nSPS) is 10.5. The van der Waals surface area contributed by atoms with Crippen LogP contribution in [0.3, 0.4) is 0 Å². The van der Waals surface area contributed by atoms with Gasteiger partial charge in [-0.2, -0.15) is 0 Å². The van der Waals surface area contributed by atoms with Crippen LogP contribution < -0.4 is 0 Å². The first-order chi connectivity index (χ1) is 8.19. The highest BCUT2D eigenvalue weighted by molar-refractivity contribution is 9.10. The van der Waals surface area contributed by atoms with Gasteiger partial charge in [0.15, 0.2) is 0 Å². The van der Waals surface area contributed by atoms with E-state index in [9.17, 15) is 0 Å². The molecule has 2 aromatic carbocycles. The summed E-state index contributed by atoms with van der Waals surface area (Å²) in [6.07, 6.45) is 0. The van der Waals surface area contributed by atoms with Gasteiger partial charge in [-0.15, -0.1) is 0 Å². The van der Waals surface area contributed by atoms with Crippen molar-refractivity contribution in [1.82, 2.24) is 0 Å². The Balaban J connectivity index is 2.24. The van der Waals surface area contributed by atoms with E-state index >= 15 is 0 Å². The minimum atomic E-state index is 0.0699. The molecule has 0 aliphatic heterocycles. The van der Waals surface area contributed by atoms with Crippen LogP contribution in [0.1, 0.15) is 5.56 Å². The third kappa shape index (κ3) is 3.58. The maximum absolute atomic E-state index is 9.05. The second-order valence-corrected chi connectivity index (χ2v) is 6.37. The van der Waals surface area contributed by atoms with Crippen molar-refractivity contribution < 1.29 is 5.11 Å². The highest BCUT2D eigenvalue weighted by Gasteiger charge is 2.04. The number of benzene rings is 2. The number of halogens is 2. The second-order valence-electron chi connectivity index (χ2n) is 3.48. The smallest absolute Gasteiger partial charge is 0.0682 e. The highest BCUT2D eigenvalue weighted by atomic mass is 79.9. The first kappa shape index (κ1) is 13.1. The molecule has 0 bridgehead atoms. The lowest BCUT2D eigenvalue weighted by Crippen LogP contribution is -1.84. The third-order valence-corrected chi connectivity index (χ3v) is 4.68. The van der Waals surface area contributed by atoms with Crippen LogP contribution in [-0.4, -0.2) is 5.11 Å². The lowest BCUT2D eigenvalue weighted by Gasteiger charge is -2.06. The molecule has 17 heavy (non-hydrogen) atoms. The number of hydrogen-bond donors (Lipinski definition) is 1. The van der Waals surface area contributed by atoms with Crippen molar-refractivity contribution in [3.8, 4) is 0 Å². The second kappa shape index (κ2) is 6.05. The van der Waals surface area contributed by atoms with Crippen molar-refractivity contribution in [1.29, 1.82) is 0 Å². The molecule has 0 radical (unpaired) electrons. The molecule has 0 spiro atoms. The number of hydrogen-bond acceptors (Lipinski definition) is 2. The van der Waals surface area contributed by atoms with E-state index in [0.717, 1.165) is 19.4 Å². The van der Waals surface area contributed by atoms with E-state index in [4.69, 9.17) is 5.11 Å². The molecule has 88 valence electrons. The van der Waals surface area contributed by atoms with Gasteiger partial charge in [0.2, 0.25) is 0 Å². The van der Waals surface area contributed by atoms with Crippen LogP contribution in [0.5, 0.6) is 0 Å². The van der Waals surface area contributed by atoms with Gasteiger partial charge in [-0.1, -0.05) is 39.8 Å². The Bertz CT molecular complexity index is 529. The summed E-state index contributed by atoms with van der Waals surface area (Å²) < 4.78 is 2.08. The van der Waals surface area contributed by atoms with Crippen LogP contribution in [0.2, 0.25) is 0 Å². The molecule has 1 nitrogen and oxygen atoms in total. The minimum absolute atomic E-state index is 0.0699. The predicted molar refractivity (Wildman–Crippen MR) is 78.3 cm³/mol. The zero-order valence-electron chi connectivity index (χ0n) is 8.86. The van der Waals surface area contributed by atoms with E-state index in [0.29, 0.717) is 0 Å². The number of aliphatic hydroxyl groups is 1. The Morgan fingerprint density at radius 3 is 2.53 bits per heavy atom. The van der Waals surface area contributed by atoms with Crippen LogP contribution in [0.4, 0.5) is 0 Å². The highest BCUT2D eigenvalue weighted by Crippen LogP contribution is 2.34. The summed E-state index contributed by atoms with van der Waals surface area (Å²) in [5.74, 6) is 0. The summed E-state index contributed by atoms with van der Waals surface area (Å²) in [4.78, 5) is 2.32. The quantitative estimate of drug-likeness (QED) is 0.829. The van der Waals surface area contributed by atoms with Gasteiger partial charge in [-0.25, -0.2) is 0 Å². The number of rotatable bonds is 3. The first-order valence-electron chi connectivity index (χ1n) is 5.02. The van der Waals surface area contributed by atoms with Crippen molar-refractivity contribution in [3.63, 3.8) is 0 Å². The lowest BCUT2D eigenvalue weighted by atomic mass is 10.2. The van der Waals surface area contributed by atoms with E-state index < -0.39 is 0 Å². The summed E-state index contributed by atoms with van der Waals surface area (Å²) in [7, 11) is 0. The van der Waals surface area contributed by atoms with Gasteiger partial charge in [-0.3, -0.25) is 0 Å². The molecule has 0 aliphatic carbocycles. The van der Waals surface area contributed by atoms with Gasteiger partial charge in [-0.05, 0) is 51.8 Å². The molecule has 0 aliphatic rings. The standard InChI is InChI=1S/C13H10Br2OS/c14-10-2-1-3-11(7-10)17-13-5-4-9(8-16)6-12(13)15/h1-7,16H,8H2. The molecule has 0 atom stereocenters. The van der Waals surface area contributed by atoms with Gasteiger partial charge in [0.25, 0.3) is 0 Å². The zero-order valence-corrected chi connectivity index (χ0v) is 12.8. The molecule has 1 N–H and O–H groups in total. The SMILES string of the molecule is OCc1ccc(Sc2cccc(Br)c2)c(Br)c1. The van der Waals surface area contributed by atoms with Crippen LogP contribution in [0, 0.1) is 0 Å². The molecule has 0 amide bonds. The Kier molecular flexibility index (Phi) is 4.68. The van der Waals surface area contributed by atoms with E-state index in [1.54, 1.807) is 11.8 Å². The maximum Gasteiger partial charge on any atom is 0.0682 e. The van der Waals surface area contributed by atoms with Gasteiger partial charge in [0, 0.05) is 18.7 Å². The monoisotopic (exact) mass is 372 g/mol. The Labute approximate surface area is 122 Å². The Morgan fingerprint density at radius 2 is 1.88 bits per heavy atom. The van der Waals surface area contributed by atoms with Crippen LogP contribution >= 0.6 is 43.6 Å². The number of aliphatic hydroxyl groups excluding tert-OH is 1.